The molecule has 0 aromatic heterocycles. The standard InChI is InChI=1S/C18H26F3N5O3S.HI/c1-13(27)24-15-5-3-14(4-6-15)7-10-23-17(22-2)25-16-8-11-26(12-9-16)30(28,29)18(19,20)21;/h3-6,16H,7-12H2,1-2H3,(H,24,27)(H2,22,23,25);1H. The molecule has 1 aromatic carbocycles. The van der Waals surface area contributed by atoms with Crippen LogP contribution in [0.2, 0.25) is 0 Å². The maximum Gasteiger partial charge on any atom is 0.511 e. The highest BCUT2D eigenvalue weighted by Crippen LogP contribution is 2.28. The average Bonchev–Trinajstić information content (AvgIpc) is 2.67. The molecule has 0 bridgehead atoms. The molecule has 13 heteroatoms. The molecule has 0 saturated carbocycles. The molecular weight excluding hydrogens is 550 g/mol. The lowest BCUT2D eigenvalue weighted by molar-refractivity contribution is -0.114. The number of hydrogen-bond donors (Lipinski definition) is 3. The van der Waals surface area contributed by atoms with E-state index in [1.165, 1.54) is 6.92 Å². The third-order valence-corrected chi connectivity index (χ3v) is 6.26. The molecule has 1 heterocycles. The third-order valence-electron chi connectivity index (χ3n) is 4.63. The highest BCUT2D eigenvalue weighted by Gasteiger charge is 2.50. The van der Waals surface area contributed by atoms with Crippen molar-refractivity contribution in [3.63, 3.8) is 0 Å². The van der Waals surface area contributed by atoms with E-state index in [1.54, 1.807) is 7.05 Å². The summed E-state index contributed by atoms with van der Waals surface area (Å²) in [5.41, 5.74) is -3.50. The number of piperidine rings is 1. The van der Waals surface area contributed by atoms with Crippen molar-refractivity contribution in [3.8, 4) is 0 Å². The van der Waals surface area contributed by atoms with Gasteiger partial charge in [0.25, 0.3) is 0 Å². The summed E-state index contributed by atoms with van der Waals surface area (Å²) in [5, 5.41) is 8.95. The van der Waals surface area contributed by atoms with Crippen molar-refractivity contribution in [2.75, 3.05) is 32.0 Å². The molecule has 1 aliphatic heterocycles. The van der Waals surface area contributed by atoms with Crippen LogP contribution in [-0.4, -0.2) is 62.8 Å². The van der Waals surface area contributed by atoms with E-state index < -0.39 is 15.5 Å². The molecule has 0 spiro atoms. The molecule has 3 N–H and O–H groups in total. The van der Waals surface area contributed by atoms with Crippen molar-refractivity contribution in [1.29, 1.82) is 0 Å². The second-order valence-electron chi connectivity index (χ2n) is 6.90. The van der Waals surface area contributed by atoms with Crippen LogP contribution in [-0.2, 0) is 21.2 Å². The summed E-state index contributed by atoms with van der Waals surface area (Å²) in [6.07, 6.45) is 1.20. The van der Waals surface area contributed by atoms with Crippen molar-refractivity contribution < 1.29 is 26.4 Å². The van der Waals surface area contributed by atoms with Gasteiger partial charge in [0.2, 0.25) is 5.91 Å². The number of amides is 1. The first-order valence-corrected chi connectivity index (χ1v) is 10.9. The van der Waals surface area contributed by atoms with E-state index in [0.717, 1.165) is 11.3 Å². The Balaban J connectivity index is 0.00000480. The normalized spacial score (nSPS) is 16.4. The Morgan fingerprint density at radius 3 is 2.26 bits per heavy atom. The van der Waals surface area contributed by atoms with Crippen molar-refractivity contribution in [2.45, 2.75) is 37.7 Å². The number of anilines is 1. The van der Waals surface area contributed by atoms with E-state index in [1.807, 2.05) is 24.3 Å². The number of benzene rings is 1. The first-order chi connectivity index (χ1) is 14.0. The summed E-state index contributed by atoms with van der Waals surface area (Å²) >= 11 is 0. The number of carbonyl (C=O) groups is 1. The number of carbonyl (C=O) groups excluding carboxylic acids is 1. The smallest absolute Gasteiger partial charge is 0.356 e. The number of nitrogens with one attached hydrogen (secondary N) is 3. The fraction of sp³-hybridized carbons (Fsp3) is 0.556. The van der Waals surface area contributed by atoms with E-state index in [4.69, 9.17) is 0 Å². The molecule has 0 aliphatic carbocycles. The summed E-state index contributed by atoms with van der Waals surface area (Å²) in [7, 11) is -3.69. The van der Waals surface area contributed by atoms with Gasteiger partial charge in [-0.1, -0.05) is 12.1 Å². The zero-order valence-electron chi connectivity index (χ0n) is 17.2. The van der Waals surface area contributed by atoms with Gasteiger partial charge in [-0.05, 0) is 37.0 Å². The monoisotopic (exact) mass is 577 g/mol. The number of alkyl halides is 3. The number of guanidine groups is 1. The molecule has 0 unspecified atom stereocenters. The lowest BCUT2D eigenvalue weighted by Crippen LogP contribution is -2.51. The topological polar surface area (TPSA) is 103 Å². The number of rotatable bonds is 6. The van der Waals surface area contributed by atoms with Crippen LogP contribution < -0.4 is 16.0 Å². The Bertz CT molecular complexity index is 855. The molecule has 0 radical (unpaired) electrons. The summed E-state index contributed by atoms with van der Waals surface area (Å²) in [6.45, 7) is 1.62. The van der Waals surface area contributed by atoms with Gasteiger partial charge in [-0.2, -0.15) is 17.5 Å². The number of halogens is 4. The highest BCUT2D eigenvalue weighted by atomic mass is 127. The lowest BCUT2D eigenvalue weighted by Gasteiger charge is -2.32. The maximum atomic E-state index is 12.6. The van der Waals surface area contributed by atoms with Gasteiger partial charge in [-0.15, -0.1) is 24.0 Å². The quantitative estimate of drug-likeness (QED) is 0.274. The largest absolute Gasteiger partial charge is 0.511 e. The van der Waals surface area contributed by atoms with Crippen molar-refractivity contribution in [2.24, 2.45) is 4.99 Å². The van der Waals surface area contributed by atoms with Gasteiger partial charge in [-0.3, -0.25) is 9.79 Å². The number of nitrogens with zero attached hydrogens (tertiary/aromatic N) is 2. The molecule has 8 nitrogen and oxygen atoms in total. The molecule has 1 aromatic rings. The Hall–Kier alpha value is -1.61. The second-order valence-corrected chi connectivity index (χ2v) is 8.82. The summed E-state index contributed by atoms with van der Waals surface area (Å²) < 4.78 is 61.3. The van der Waals surface area contributed by atoms with Crippen LogP contribution in [0.1, 0.15) is 25.3 Å². The summed E-state index contributed by atoms with van der Waals surface area (Å²) in [5.74, 6) is 0.364. The Kier molecular flexibility index (Phi) is 10.5. The van der Waals surface area contributed by atoms with Gasteiger partial charge in [-0.25, -0.2) is 8.42 Å². The van der Waals surface area contributed by atoms with E-state index in [-0.39, 0.29) is 61.9 Å². The fourth-order valence-corrected chi connectivity index (χ4v) is 4.04. The second kappa shape index (κ2) is 11.9. The van der Waals surface area contributed by atoms with Crippen LogP contribution in [0, 0.1) is 0 Å². The van der Waals surface area contributed by atoms with Crippen molar-refractivity contribution in [1.82, 2.24) is 14.9 Å². The van der Waals surface area contributed by atoms with Gasteiger partial charge in [0.1, 0.15) is 0 Å². The fourth-order valence-electron chi connectivity index (χ4n) is 3.06. The van der Waals surface area contributed by atoms with Crippen molar-refractivity contribution >= 4 is 51.6 Å². The summed E-state index contributed by atoms with van der Waals surface area (Å²) in [6, 6.07) is 7.26. The van der Waals surface area contributed by atoms with Crippen LogP contribution >= 0.6 is 24.0 Å². The molecule has 0 atom stereocenters. The molecule has 176 valence electrons. The van der Waals surface area contributed by atoms with E-state index in [0.29, 0.717) is 23.2 Å². The third kappa shape index (κ3) is 8.11. The van der Waals surface area contributed by atoms with Gasteiger partial charge >= 0.3 is 15.5 Å². The molecule has 1 aliphatic rings. The molecule has 1 fully saturated rings. The SMILES string of the molecule is CN=C(NCCc1ccc(NC(C)=O)cc1)NC1CCN(S(=O)(=O)C(F)(F)F)CC1.I. The van der Waals surface area contributed by atoms with Crippen molar-refractivity contribution in [3.05, 3.63) is 29.8 Å². The minimum Gasteiger partial charge on any atom is -0.356 e. The molecule has 2 rings (SSSR count). The first kappa shape index (κ1) is 27.4. The zero-order chi connectivity index (χ0) is 22.4. The average molecular weight is 577 g/mol. The van der Waals surface area contributed by atoms with Gasteiger partial charge in [0.05, 0.1) is 0 Å². The molecular formula is C18H27F3IN5O3S. The van der Waals surface area contributed by atoms with Crippen LogP contribution in [0.3, 0.4) is 0 Å². The minimum atomic E-state index is -5.28. The van der Waals surface area contributed by atoms with Crippen LogP contribution in [0.4, 0.5) is 18.9 Å². The highest BCUT2D eigenvalue weighted by molar-refractivity contribution is 14.0. The predicted molar refractivity (Wildman–Crippen MR) is 124 cm³/mol. The number of aliphatic imine (C=N–C) groups is 1. The lowest BCUT2D eigenvalue weighted by atomic mass is 10.1. The summed E-state index contributed by atoms with van der Waals surface area (Å²) in [4.78, 5) is 15.1. The van der Waals surface area contributed by atoms with E-state index >= 15 is 0 Å². The van der Waals surface area contributed by atoms with Crippen LogP contribution in [0.25, 0.3) is 0 Å². The Morgan fingerprint density at radius 1 is 1.19 bits per heavy atom. The van der Waals surface area contributed by atoms with E-state index in [9.17, 15) is 26.4 Å². The van der Waals surface area contributed by atoms with Gasteiger partial charge < -0.3 is 16.0 Å². The number of sulfonamides is 1. The predicted octanol–water partition coefficient (Wildman–Crippen LogP) is 2.28. The van der Waals surface area contributed by atoms with Crippen LogP contribution in [0.5, 0.6) is 0 Å². The molecule has 1 saturated heterocycles. The Morgan fingerprint density at radius 2 is 1.77 bits per heavy atom. The minimum absolute atomic E-state index is 0. The van der Waals surface area contributed by atoms with Gasteiger partial charge in [0.15, 0.2) is 5.96 Å². The molecule has 1 amide bonds. The number of hydrogen-bond acceptors (Lipinski definition) is 4. The zero-order valence-corrected chi connectivity index (χ0v) is 20.3. The molecule has 31 heavy (non-hydrogen) atoms. The van der Waals surface area contributed by atoms with E-state index in [2.05, 4.69) is 20.9 Å². The first-order valence-electron chi connectivity index (χ1n) is 9.43. The maximum absolute atomic E-state index is 12.6. The Labute approximate surface area is 197 Å². The van der Waals surface area contributed by atoms with Gasteiger partial charge in [0, 0.05) is 45.3 Å². The van der Waals surface area contributed by atoms with Crippen LogP contribution in [0.15, 0.2) is 29.3 Å².